The molecule has 130 valence electrons. The SMILES string of the molecule is Cn1ncc(N2CCC(NS(=O)(=O)c3cccs3)CC2)c(Br)c1=O. The van der Waals surface area contributed by atoms with Crippen LogP contribution in [-0.2, 0) is 17.1 Å². The molecule has 0 atom stereocenters. The fraction of sp³-hybridized carbons (Fsp3) is 0.429. The molecule has 10 heteroatoms. The van der Waals surface area contributed by atoms with Gasteiger partial charge in [-0.05, 0) is 40.2 Å². The Hall–Kier alpha value is -1.23. The third kappa shape index (κ3) is 3.56. The Labute approximate surface area is 152 Å². The second kappa shape index (κ2) is 6.95. The number of hydrogen-bond acceptors (Lipinski definition) is 6. The number of nitrogens with zero attached hydrogens (tertiary/aromatic N) is 3. The van der Waals surface area contributed by atoms with E-state index in [1.165, 1.54) is 16.0 Å². The van der Waals surface area contributed by atoms with Gasteiger partial charge in [-0.25, -0.2) is 17.8 Å². The van der Waals surface area contributed by atoms with Crippen LogP contribution >= 0.6 is 27.3 Å². The number of rotatable bonds is 4. The maximum atomic E-state index is 12.3. The molecule has 0 aliphatic carbocycles. The van der Waals surface area contributed by atoms with Crippen LogP contribution in [0.1, 0.15) is 12.8 Å². The molecule has 3 rings (SSSR count). The molecule has 2 aromatic heterocycles. The van der Waals surface area contributed by atoms with Gasteiger partial charge in [0, 0.05) is 26.2 Å². The minimum atomic E-state index is -3.44. The van der Waals surface area contributed by atoms with Crippen molar-refractivity contribution in [2.24, 2.45) is 7.05 Å². The number of hydrogen-bond donors (Lipinski definition) is 1. The molecule has 3 heterocycles. The standard InChI is InChI=1S/C14H17BrN4O3S2/c1-18-14(20)13(15)11(9-16-18)19-6-4-10(5-7-19)17-24(21,22)12-3-2-8-23-12/h2-3,8-10,17H,4-7H2,1H3. The molecule has 1 fully saturated rings. The first-order valence-electron chi connectivity index (χ1n) is 7.41. The van der Waals surface area contributed by atoms with Crippen molar-refractivity contribution in [1.29, 1.82) is 0 Å². The molecule has 1 aliphatic heterocycles. The molecule has 0 spiro atoms. The Bertz CT molecular complexity index is 872. The molecule has 0 radical (unpaired) electrons. The third-order valence-corrected chi connectivity index (χ3v) is 7.64. The van der Waals surface area contributed by atoms with Crippen LogP contribution in [0.15, 0.2) is 37.2 Å². The normalized spacial score (nSPS) is 16.5. The highest BCUT2D eigenvalue weighted by Crippen LogP contribution is 2.25. The lowest BCUT2D eigenvalue weighted by atomic mass is 10.1. The van der Waals surface area contributed by atoms with E-state index in [4.69, 9.17) is 0 Å². The van der Waals surface area contributed by atoms with Gasteiger partial charge in [-0.1, -0.05) is 6.07 Å². The van der Waals surface area contributed by atoms with E-state index in [0.717, 1.165) is 5.69 Å². The summed E-state index contributed by atoms with van der Waals surface area (Å²) in [5, 5.41) is 5.80. The Balaban J connectivity index is 1.66. The molecule has 0 saturated carbocycles. The summed E-state index contributed by atoms with van der Waals surface area (Å²) in [6, 6.07) is 3.22. The number of anilines is 1. The lowest BCUT2D eigenvalue weighted by Crippen LogP contribution is -2.45. The first kappa shape index (κ1) is 17.6. The first-order chi connectivity index (χ1) is 11.4. The summed E-state index contributed by atoms with van der Waals surface area (Å²) in [6.45, 7) is 1.32. The number of halogens is 1. The van der Waals surface area contributed by atoms with E-state index in [1.54, 1.807) is 30.8 Å². The van der Waals surface area contributed by atoms with E-state index in [-0.39, 0.29) is 11.6 Å². The molecular formula is C14H17BrN4O3S2. The van der Waals surface area contributed by atoms with Crippen LogP contribution in [0.4, 0.5) is 5.69 Å². The molecule has 0 aromatic carbocycles. The Morgan fingerprint density at radius 2 is 2.08 bits per heavy atom. The van der Waals surface area contributed by atoms with Gasteiger partial charge in [0.25, 0.3) is 5.56 Å². The fourth-order valence-corrected chi connectivity index (χ4v) is 5.58. The van der Waals surface area contributed by atoms with Crippen LogP contribution in [0.25, 0.3) is 0 Å². The summed E-state index contributed by atoms with van der Waals surface area (Å²) in [7, 11) is -1.84. The topological polar surface area (TPSA) is 84.3 Å². The maximum absolute atomic E-state index is 12.3. The smallest absolute Gasteiger partial charge is 0.282 e. The van der Waals surface area contributed by atoms with E-state index in [9.17, 15) is 13.2 Å². The zero-order valence-electron chi connectivity index (χ0n) is 13.0. The summed E-state index contributed by atoms with van der Waals surface area (Å²) >= 11 is 4.54. The lowest BCUT2D eigenvalue weighted by molar-refractivity contribution is 0.459. The minimum absolute atomic E-state index is 0.105. The average Bonchev–Trinajstić information content (AvgIpc) is 3.09. The minimum Gasteiger partial charge on any atom is -0.369 e. The van der Waals surface area contributed by atoms with E-state index in [1.807, 2.05) is 0 Å². The molecule has 7 nitrogen and oxygen atoms in total. The van der Waals surface area contributed by atoms with Gasteiger partial charge in [-0.2, -0.15) is 5.10 Å². The zero-order valence-corrected chi connectivity index (χ0v) is 16.2. The van der Waals surface area contributed by atoms with Crippen LogP contribution in [0.5, 0.6) is 0 Å². The van der Waals surface area contributed by atoms with Crippen LogP contribution in [0.2, 0.25) is 0 Å². The molecule has 1 aliphatic rings. The molecule has 0 unspecified atom stereocenters. The van der Waals surface area contributed by atoms with Gasteiger partial charge in [-0.15, -0.1) is 11.3 Å². The Kier molecular flexibility index (Phi) is 5.09. The third-order valence-electron chi connectivity index (χ3n) is 3.98. The van der Waals surface area contributed by atoms with E-state index < -0.39 is 10.0 Å². The van der Waals surface area contributed by atoms with Gasteiger partial charge >= 0.3 is 0 Å². The molecule has 1 saturated heterocycles. The second-order valence-corrected chi connectivity index (χ2v) is 9.27. The van der Waals surface area contributed by atoms with Crippen molar-refractivity contribution >= 4 is 43.0 Å². The molecule has 2 aromatic rings. The van der Waals surface area contributed by atoms with Crippen LogP contribution in [0.3, 0.4) is 0 Å². The van der Waals surface area contributed by atoms with Crippen LogP contribution < -0.4 is 15.2 Å². The van der Waals surface area contributed by atoms with Crippen molar-refractivity contribution in [3.05, 3.63) is 38.5 Å². The van der Waals surface area contributed by atoms with E-state index in [0.29, 0.717) is 34.6 Å². The largest absolute Gasteiger partial charge is 0.369 e. The van der Waals surface area contributed by atoms with E-state index >= 15 is 0 Å². The van der Waals surface area contributed by atoms with Crippen molar-refractivity contribution in [2.75, 3.05) is 18.0 Å². The number of piperidine rings is 1. The molecule has 1 N–H and O–H groups in total. The first-order valence-corrected chi connectivity index (χ1v) is 10.6. The zero-order chi connectivity index (χ0) is 17.3. The fourth-order valence-electron chi connectivity index (χ4n) is 2.65. The van der Waals surface area contributed by atoms with Crippen molar-refractivity contribution in [2.45, 2.75) is 23.1 Å². The molecular weight excluding hydrogens is 416 g/mol. The highest BCUT2D eigenvalue weighted by molar-refractivity contribution is 9.10. The Morgan fingerprint density at radius 1 is 1.38 bits per heavy atom. The number of sulfonamides is 1. The summed E-state index contributed by atoms with van der Waals surface area (Å²) in [4.78, 5) is 14.0. The number of thiophene rings is 1. The van der Waals surface area contributed by atoms with Crippen LogP contribution in [0, 0.1) is 0 Å². The van der Waals surface area contributed by atoms with Crippen molar-refractivity contribution in [1.82, 2.24) is 14.5 Å². The second-order valence-electron chi connectivity index (χ2n) is 5.59. The van der Waals surface area contributed by atoms with Crippen molar-refractivity contribution < 1.29 is 8.42 Å². The van der Waals surface area contributed by atoms with Gasteiger partial charge in [0.15, 0.2) is 0 Å². The van der Waals surface area contributed by atoms with Crippen molar-refractivity contribution in [3.63, 3.8) is 0 Å². The lowest BCUT2D eigenvalue weighted by Gasteiger charge is -2.33. The summed E-state index contributed by atoms with van der Waals surface area (Å²) in [5.74, 6) is 0. The highest BCUT2D eigenvalue weighted by Gasteiger charge is 2.26. The van der Waals surface area contributed by atoms with Gasteiger partial charge in [-0.3, -0.25) is 4.79 Å². The van der Waals surface area contributed by atoms with Gasteiger partial charge in [0.05, 0.1) is 11.9 Å². The van der Waals surface area contributed by atoms with Gasteiger partial charge in [0.1, 0.15) is 8.68 Å². The number of aryl methyl sites for hydroxylation is 1. The summed E-state index contributed by atoms with van der Waals surface area (Å²) in [6.07, 6.45) is 3.00. The summed E-state index contributed by atoms with van der Waals surface area (Å²) < 4.78 is 29.4. The predicted molar refractivity (Wildman–Crippen MR) is 97.1 cm³/mol. The predicted octanol–water partition coefficient (Wildman–Crippen LogP) is 1.55. The molecule has 0 amide bonds. The van der Waals surface area contributed by atoms with Crippen molar-refractivity contribution in [3.8, 4) is 0 Å². The molecule has 24 heavy (non-hydrogen) atoms. The average molecular weight is 433 g/mol. The monoisotopic (exact) mass is 432 g/mol. The Morgan fingerprint density at radius 3 is 2.71 bits per heavy atom. The number of nitrogens with one attached hydrogen (secondary N) is 1. The van der Waals surface area contributed by atoms with Gasteiger partial charge < -0.3 is 4.90 Å². The quantitative estimate of drug-likeness (QED) is 0.791. The van der Waals surface area contributed by atoms with Gasteiger partial charge in [0.2, 0.25) is 10.0 Å². The number of aromatic nitrogens is 2. The maximum Gasteiger partial charge on any atom is 0.282 e. The highest BCUT2D eigenvalue weighted by atomic mass is 79.9. The molecule has 0 bridgehead atoms. The summed E-state index contributed by atoms with van der Waals surface area (Å²) in [5.41, 5.74) is 0.561. The van der Waals surface area contributed by atoms with Crippen LogP contribution in [-0.4, -0.2) is 37.3 Å². The van der Waals surface area contributed by atoms with E-state index in [2.05, 4.69) is 30.7 Å².